The standard InChI is InChI=1S/C17H25NO2S/c1-12(18-14-9-17(2,3)11-21-10-14)13-4-5-15-16(8-13)20-7-6-19-15/h4-5,8,12,14,18H,6-7,9-11H2,1-3H3. The van der Waals surface area contributed by atoms with E-state index in [9.17, 15) is 0 Å². The summed E-state index contributed by atoms with van der Waals surface area (Å²) >= 11 is 2.06. The Hall–Kier alpha value is -0.870. The Morgan fingerprint density at radius 3 is 2.76 bits per heavy atom. The topological polar surface area (TPSA) is 30.5 Å². The van der Waals surface area contributed by atoms with Gasteiger partial charge in [-0.3, -0.25) is 0 Å². The van der Waals surface area contributed by atoms with E-state index >= 15 is 0 Å². The molecule has 0 radical (unpaired) electrons. The van der Waals surface area contributed by atoms with Crippen LogP contribution in [-0.2, 0) is 0 Å². The van der Waals surface area contributed by atoms with E-state index in [1.165, 1.54) is 23.5 Å². The average molecular weight is 307 g/mol. The number of hydrogen-bond donors (Lipinski definition) is 1. The molecule has 1 aromatic carbocycles. The van der Waals surface area contributed by atoms with Gasteiger partial charge in [0.15, 0.2) is 11.5 Å². The van der Waals surface area contributed by atoms with Crippen LogP contribution in [0.3, 0.4) is 0 Å². The average Bonchev–Trinajstić information content (AvgIpc) is 2.45. The van der Waals surface area contributed by atoms with E-state index in [1.807, 2.05) is 6.07 Å². The Kier molecular flexibility index (Phi) is 4.36. The summed E-state index contributed by atoms with van der Waals surface area (Å²) in [4.78, 5) is 0. The highest BCUT2D eigenvalue weighted by atomic mass is 32.2. The second-order valence-corrected chi connectivity index (χ2v) is 7.90. The first kappa shape index (κ1) is 15.0. The second kappa shape index (κ2) is 6.09. The zero-order valence-corrected chi connectivity index (χ0v) is 14.0. The molecule has 0 aliphatic carbocycles. The summed E-state index contributed by atoms with van der Waals surface area (Å²) < 4.78 is 11.3. The van der Waals surface area contributed by atoms with E-state index in [1.54, 1.807) is 0 Å². The number of nitrogens with one attached hydrogen (secondary N) is 1. The summed E-state index contributed by atoms with van der Waals surface area (Å²) in [7, 11) is 0. The van der Waals surface area contributed by atoms with Crippen molar-refractivity contribution < 1.29 is 9.47 Å². The van der Waals surface area contributed by atoms with E-state index in [0.29, 0.717) is 30.7 Å². The summed E-state index contributed by atoms with van der Waals surface area (Å²) in [5.41, 5.74) is 1.71. The quantitative estimate of drug-likeness (QED) is 0.923. The van der Waals surface area contributed by atoms with Gasteiger partial charge in [-0.2, -0.15) is 11.8 Å². The van der Waals surface area contributed by atoms with Crippen molar-refractivity contribution in [1.29, 1.82) is 0 Å². The first-order chi connectivity index (χ1) is 10.0. The Balaban J connectivity index is 1.66. The van der Waals surface area contributed by atoms with Crippen molar-refractivity contribution in [3.63, 3.8) is 0 Å². The SMILES string of the molecule is CC(NC1CSCC(C)(C)C1)c1ccc2c(c1)OCCO2. The number of fused-ring (bicyclic) bond motifs is 1. The molecule has 1 fully saturated rings. The Labute approximate surface area is 131 Å². The summed E-state index contributed by atoms with van der Waals surface area (Å²) in [6.07, 6.45) is 1.24. The van der Waals surface area contributed by atoms with Crippen molar-refractivity contribution in [3.8, 4) is 11.5 Å². The lowest BCUT2D eigenvalue weighted by molar-refractivity contribution is 0.171. The lowest BCUT2D eigenvalue weighted by atomic mass is 9.87. The minimum atomic E-state index is 0.334. The predicted octanol–water partition coefficient (Wildman–Crippen LogP) is 3.64. The smallest absolute Gasteiger partial charge is 0.161 e. The molecule has 2 aliphatic heterocycles. The molecule has 0 saturated carbocycles. The van der Waals surface area contributed by atoms with E-state index in [-0.39, 0.29) is 0 Å². The molecule has 2 atom stereocenters. The number of hydrogen-bond acceptors (Lipinski definition) is 4. The molecule has 2 heterocycles. The largest absolute Gasteiger partial charge is 0.486 e. The van der Waals surface area contributed by atoms with Crippen molar-refractivity contribution in [2.45, 2.75) is 39.3 Å². The summed E-state index contributed by atoms with van der Waals surface area (Å²) in [6, 6.07) is 7.21. The van der Waals surface area contributed by atoms with E-state index < -0.39 is 0 Å². The molecule has 0 amide bonds. The molecule has 3 nitrogen and oxygen atoms in total. The maximum Gasteiger partial charge on any atom is 0.161 e. The highest BCUT2D eigenvalue weighted by Gasteiger charge is 2.29. The van der Waals surface area contributed by atoms with E-state index in [0.717, 1.165) is 11.5 Å². The fourth-order valence-electron chi connectivity index (χ4n) is 3.15. The van der Waals surface area contributed by atoms with E-state index in [4.69, 9.17) is 9.47 Å². The molecule has 1 saturated heterocycles. The van der Waals surface area contributed by atoms with Gasteiger partial charge in [-0.25, -0.2) is 0 Å². The fraction of sp³-hybridized carbons (Fsp3) is 0.647. The van der Waals surface area contributed by atoms with Crippen molar-refractivity contribution in [2.75, 3.05) is 24.7 Å². The Morgan fingerprint density at radius 2 is 2.00 bits per heavy atom. The Bertz CT molecular complexity index is 504. The highest BCUT2D eigenvalue weighted by Crippen LogP contribution is 2.36. The van der Waals surface area contributed by atoms with Gasteiger partial charge in [0.2, 0.25) is 0 Å². The molecule has 2 unspecified atom stereocenters. The highest BCUT2D eigenvalue weighted by molar-refractivity contribution is 7.99. The molecule has 3 rings (SSSR count). The molecule has 1 aromatic rings. The maximum atomic E-state index is 5.68. The third-order valence-corrected chi connectivity index (χ3v) is 5.79. The van der Waals surface area contributed by atoms with Crippen LogP contribution in [0.5, 0.6) is 11.5 Å². The first-order valence-electron chi connectivity index (χ1n) is 7.77. The minimum Gasteiger partial charge on any atom is -0.486 e. The third-order valence-electron chi connectivity index (χ3n) is 4.16. The molecule has 0 aromatic heterocycles. The Morgan fingerprint density at radius 1 is 1.24 bits per heavy atom. The van der Waals surface area contributed by atoms with Crippen molar-refractivity contribution in [1.82, 2.24) is 5.32 Å². The van der Waals surface area contributed by atoms with Crippen LogP contribution in [0.2, 0.25) is 0 Å². The number of ether oxygens (including phenoxy) is 2. The molecular formula is C17H25NO2S. The predicted molar refractivity (Wildman–Crippen MR) is 88.5 cm³/mol. The van der Waals surface area contributed by atoms with Crippen LogP contribution in [-0.4, -0.2) is 30.8 Å². The van der Waals surface area contributed by atoms with E-state index in [2.05, 4.69) is 50.0 Å². The lowest BCUT2D eigenvalue weighted by Crippen LogP contribution is -2.41. The molecule has 21 heavy (non-hydrogen) atoms. The monoisotopic (exact) mass is 307 g/mol. The summed E-state index contributed by atoms with van der Waals surface area (Å²) in [5, 5.41) is 3.78. The van der Waals surface area contributed by atoms with Crippen LogP contribution in [0.15, 0.2) is 18.2 Å². The summed E-state index contributed by atoms with van der Waals surface area (Å²) in [5.74, 6) is 4.22. The third kappa shape index (κ3) is 3.67. The fourth-order valence-corrected chi connectivity index (χ4v) is 4.44. The molecule has 4 heteroatoms. The normalized spacial score (nSPS) is 25.4. The molecule has 1 N–H and O–H groups in total. The van der Waals surface area contributed by atoms with Crippen LogP contribution < -0.4 is 14.8 Å². The van der Waals surface area contributed by atoms with Crippen LogP contribution in [0.4, 0.5) is 0 Å². The molecule has 0 spiro atoms. The second-order valence-electron chi connectivity index (χ2n) is 6.87. The number of benzene rings is 1. The van der Waals surface area contributed by atoms with Gasteiger partial charge in [0.05, 0.1) is 0 Å². The van der Waals surface area contributed by atoms with Crippen LogP contribution in [0.25, 0.3) is 0 Å². The lowest BCUT2D eigenvalue weighted by Gasteiger charge is -2.36. The van der Waals surface area contributed by atoms with Crippen LogP contribution in [0, 0.1) is 5.41 Å². The van der Waals surface area contributed by atoms with Gasteiger partial charge in [0.1, 0.15) is 13.2 Å². The van der Waals surface area contributed by atoms with Gasteiger partial charge in [0.25, 0.3) is 0 Å². The zero-order chi connectivity index (χ0) is 14.9. The van der Waals surface area contributed by atoms with Gasteiger partial charge in [-0.05, 0) is 42.2 Å². The van der Waals surface area contributed by atoms with Gasteiger partial charge in [0, 0.05) is 17.8 Å². The molecule has 116 valence electrons. The van der Waals surface area contributed by atoms with Crippen molar-refractivity contribution in [2.24, 2.45) is 5.41 Å². The van der Waals surface area contributed by atoms with Gasteiger partial charge < -0.3 is 14.8 Å². The van der Waals surface area contributed by atoms with Crippen molar-refractivity contribution in [3.05, 3.63) is 23.8 Å². The zero-order valence-electron chi connectivity index (χ0n) is 13.1. The molecule has 2 aliphatic rings. The molecule has 0 bridgehead atoms. The summed E-state index contributed by atoms with van der Waals surface area (Å²) in [6.45, 7) is 8.25. The number of thioether (sulfide) groups is 1. The van der Waals surface area contributed by atoms with Gasteiger partial charge in [-0.1, -0.05) is 19.9 Å². The van der Waals surface area contributed by atoms with Gasteiger partial charge >= 0.3 is 0 Å². The van der Waals surface area contributed by atoms with Crippen molar-refractivity contribution >= 4 is 11.8 Å². The molecular weight excluding hydrogens is 282 g/mol. The van der Waals surface area contributed by atoms with Crippen LogP contribution >= 0.6 is 11.8 Å². The minimum absolute atomic E-state index is 0.334. The van der Waals surface area contributed by atoms with Gasteiger partial charge in [-0.15, -0.1) is 0 Å². The number of rotatable bonds is 3. The first-order valence-corrected chi connectivity index (χ1v) is 8.92. The maximum absolute atomic E-state index is 5.68. The van der Waals surface area contributed by atoms with Crippen LogP contribution in [0.1, 0.15) is 38.8 Å².